The third-order valence-electron chi connectivity index (χ3n) is 8.75. The van der Waals surface area contributed by atoms with Crippen LogP contribution in [-0.2, 0) is 27.9 Å². The van der Waals surface area contributed by atoms with Crippen molar-refractivity contribution >= 4 is 11.8 Å². The van der Waals surface area contributed by atoms with Crippen LogP contribution in [0.4, 0.5) is 0 Å². The van der Waals surface area contributed by atoms with Gasteiger partial charge in [0.2, 0.25) is 11.7 Å². The summed E-state index contributed by atoms with van der Waals surface area (Å²) < 4.78 is 7.77. The Hall–Kier alpha value is -2.74. The number of amides is 2. The average molecular weight is 464 g/mol. The van der Waals surface area contributed by atoms with Crippen LogP contribution in [0.1, 0.15) is 73.4 Å². The van der Waals surface area contributed by atoms with Gasteiger partial charge in [0.15, 0.2) is 0 Å². The molecular formula is C26H33N5O3. The molecule has 8 heteroatoms. The van der Waals surface area contributed by atoms with E-state index in [1.807, 2.05) is 10.6 Å². The monoisotopic (exact) mass is 463 g/mol. The summed E-state index contributed by atoms with van der Waals surface area (Å²) >= 11 is 0. The van der Waals surface area contributed by atoms with Crippen molar-refractivity contribution in [3.63, 3.8) is 0 Å². The highest BCUT2D eigenvalue weighted by Gasteiger charge is 2.53. The zero-order valence-electron chi connectivity index (χ0n) is 19.8. The lowest BCUT2D eigenvalue weighted by Crippen LogP contribution is -2.50. The number of nitrogens with one attached hydrogen (secondary N) is 1. The highest BCUT2D eigenvalue weighted by Crippen LogP contribution is 2.47. The molecule has 6 rings (SSSR count). The summed E-state index contributed by atoms with van der Waals surface area (Å²) in [6.45, 7) is 1.26. The first-order chi connectivity index (χ1) is 16.5. The van der Waals surface area contributed by atoms with Gasteiger partial charge in [-0.25, -0.2) is 0 Å². The van der Waals surface area contributed by atoms with E-state index < -0.39 is 0 Å². The molecule has 3 heterocycles. The minimum absolute atomic E-state index is 0.0545. The van der Waals surface area contributed by atoms with Gasteiger partial charge in [-0.3, -0.25) is 9.59 Å². The minimum atomic E-state index is -0.309. The van der Waals surface area contributed by atoms with Gasteiger partial charge in [-0.2, -0.15) is 0 Å². The van der Waals surface area contributed by atoms with Crippen LogP contribution >= 0.6 is 0 Å². The Morgan fingerprint density at radius 1 is 1.12 bits per heavy atom. The Bertz CT molecular complexity index is 1090. The SMILES string of the molecule is COC1(CC(=O)N2CC[C@]3(c4ccccc4)CCc4nnc(C(=O)NC5CC5)n4C[C@H]23)CCC1. The normalized spacial score (nSPS) is 27.3. The number of nitrogens with zero attached hydrogens (tertiary/aromatic N) is 4. The molecule has 2 saturated carbocycles. The second-order valence-electron chi connectivity index (χ2n) is 10.6. The first-order valence-electron chi connectivity index (χ1n) is 12.7. The fourth-order valence-electron chi connectivity index (χ4n) is 6.32. The number of aryl methyl sites for hydroxylation is 1. The second kappa shape index (κ2) is 8.18. The standard InChI is InChI=1S/C26H33N5O3/c1-34-25(11-5-12-25)16-22(32)30-15-14-26(18-6-3-2-4-7-18)13-10-21-28-29-23(31(21)17-20(26)30)24(33)27-19-8-9-19/h2-4,6-7,19-20H,5,8-17H2,1H3,(H,27,33)/t20-,26-/m0/s1. The number of methoxy groups -OCH3 is 1. The predicted molar refractivity (Wildman–Crippen MR) is 125 cm³/mol. The third-order valence-corrected chi connectivity index (χ3v) is 8.75. The van der Waals surface area contributed by atoms with Gasteiger partial charge >= 0.3 is 0 Å². The van der Waals surface area contributed by atoms with E-state index in [-0.39, 0.29) is 34.9 Å². The first-order valence-corrected chi connectivity index (χ1v) is 12.7. The third kappa shape index (κ3) is 3.54. The molecule has 8 nitrogen and oxygen atoms in total. The van der Waals surface area contributed by atoms with Crippen LogP contribution in [0.5, 0.6) is 0 Å². The molecular weight excluding hydrogens is 430 g/mol. The molecule has 0 radical (unpaired) electrons. The van der Waals surface area contributed by atoms with Crippen LogP contribution in [-0.4, -0.2) is 62.8 Å². The molecule has 1 saturated heterocycles. The Labute approximate surface area is 200 Å². The summed E-state index contributed by atoms with van der Waals surface area (Å²) in [5.41, 5.74) is 0.793. The molecule has 1 aromatic carbocycles. The average Bonchev–Trinajstić information content (AvgIpc) is 3.47. The number of hydrogen-bond donors (Lipinski definition) is 1. The quantitative estimate of drug-likeness (QED) is 0.711. The number of fused-ring (bicyclic) bond motifs is 2. The summed E-state index contributed by atoms with van der Waals surface area (Å²) in [6, 6.07) is 10.8. The predicted octanol–water partition coefficient (Wildman–Crippen LogP) is 2.61. The van der Waals surface area contributed by atoms with E-state index in [0.29, 0.717) is 18.8 Å². The van der Waals surface area contributed by atoms with Gasteiger partial charge in [-0.05, 0) is 50.5 Å². The maximum absolute atomic E-state index is 13.7. The Balaban J connectivity index is 1.35. The number of aromatic nitrogens is 3. The molecule has 2 aliphatic carbocycles. The van der Waals surface area contributed by atoms with Gasteiger partial charge in [-0.1, -0.05) is 30.3 Å². The van der Waals surface area contributed by atoms with Crippen LogP contribution in [0.2, 0.25) is 0 Å². The number of hydrogen-bond acceptors (Lipinski definition) is 5. The van der Waals surface area contributed by atoms with E-state index in [9.17, 15) is 9.59 Å². The first kappa shape index (κ1) is 21.8. The summed E-state index contributed by atoms with van der Waals surface area (Å²) in [5.74, 6) is 1.21. The zero-order chi connectivity index (χ0) is 23.3. The van der Waals surface area contributed by atoms with E-state index in [1.54, 1.807) is 7.11 Å². The lowest BCUT2D eigenvalue weighted by atomic mass is 9.71. The van der Waals surface area contributed by atoms with Crippen LogP contribution in [0, 0.1) is 0 Å². The zero-order valence-corrected chi connectivity index (χ0v) is 19.8. The summed E-state index contributed by atoms with van der Waals surface area (Å²) in [5, 5.41) is 11.7. The van der Waals surface area contributed by atoms with Crippen molar-refractivity contribution in [1.82, 2.24) is 25.0 Å². The minimum Gasteiger partial charge on any atom is -0.378 e. The Kier molecular flexibility index (Phi) is 5.24. The smallest absolute Gasteiger partial charge is 0.289 e. The maximum atomic E-state index is 13.7. The van der Waals surface area contributed by atoms with Crippen LogP contribution in [0.25, 0.3) is 0 Å². The summed E-state index contributed by atoms with van der Waals surface area (Å²) in [4.78, 5) is 28.7. The summed E-state index contributed by atoms with van der Waals surface area (Å²) in [7, 11) is 1.73. The molecule has 1 aromatic heterocycles. The van der Waals surface area contributed by atoms with Crippen molar-refractivity contribution in [2.75, 3.05) is 13.7 Å². The van der Waals surface area contributed by atoms with E-state index in [2.05, 4.69) is 44.7 Å². The fourth-order valence-corrected chi connectivity index (χ4v) is 6.32. The number of rotatable bonds is 6. The number of carbonyl (C=O) groups excluding carboxylic acids is 2. The van der Waals surface area contributed by atoms with Gasteiger partial charge < -0.3 is 19.5 Å². The number of likely N-dealkylation sites (tertiary alicyclic amines) is 1. The van der Waals surface area contributed by atoms with Crippen molar-refractivity contribution in [3.05, 3.63) is 47.5 Å². The van der Waals surface area contributed by atoms with Crippen LogP contribution in [0.3, 0.4) is 0 Å². The highest BCUT2D eigenvalue weighted by molar-refractivity contribution is 5.91. The van der Waals surface area contributed by atoms with Crippen molar-refractivity contribution in [2.24, 2.45) is 0 Å². The maximum Gasteiger partial charge on any atom is 0.289 e. The van der Waals surface area contributed by atoms with Crippen molar-refractivity contribution in [1.29, 1.82) is 0 Å². The molecule has 1 N–H and O–H groups in total. The number of benzene rings is 1. The fraction of sp³-hybridized carbons (Fsp3) is 0.615. The lowest BCUT2D eigenvalue weighted by Gasteiger charge is -2.42. The molecule has 0 unspecified atom stereocenters. The highest BCUT2D eigenvalue weighted by atomic mass is 16.5. The van der Waals surface area contributed by atoms with Crippen LogP contribution in [0.15, 0.2) is 30.3 Å². The van der Waals surface area contributed by atoms with Crippen molar-refractivity contribution in [3.8, 4) is 0 Å². The number of carbonyl (C=O) groups is 2. The molecule has 0 spiro atoms. The van der Waals surface area contributed by atoms with Gasteiger partial charge in [0.05, 0.1) is 18.1 Å². The van der Waals surface area contributed by atoms with Gasteiger partial charge in [0.25, 0.3) is 5.91 Å². The molecule has 4 aliphatic rings. The molecule has 2 aromatic rings. The van der Waals surface area contributed by atoms with E-state index in [0.717, 1.165) is 63.7 Å². The van der Waals surface area contributed by atoms with E-state index >= 15 is 0 Å². The molecule has 180 valence electrons. The molecule has 0 bridgehead atoms. The molecule has 2 atom stereocenters. The van der Waals surface area contributed by atoms with Crippen LogP contribution < -0.4 is 5.32 Å². The van der Waals surface area contributed by atoms with Gasteiger partial charge in [-0.15, -0.1) is 10.2 Å². The topological polar surface area (TPSA) is 89.3 Å². The second-order valence-corrected chi connectivity index (χ2v) is 10.6. The molecule has 3 fully saturated rings. The van der Waals surface area contributed by atoms with E-state index in [4.69, 9.17) is 4.74 Å². The lowest BCUT2D eigenvalue weighted by molar-refractivity contribution is -0.145. The largest absolute Gasteiger partial charge is 0.378 e. The molecule has 2 amide bonds. The van der Waals surface area contributed by atoms with Gasteiger partial charge in [0.1, 0.15) is 5.82 Å². The Morgan fingerprint density at radius 2 is 1.91 bits per heavy atom. The Morgan fingerprint density at radius 3 is 2.59 bits per heavy atom. The number of ether oxygens (including phenoxy) is 1. The van der Waals surface area contributed by atoms with Crippen molar-refractivity contribution in [2.45, 2.75) is 87.4 Å². The van der Waals surface area contributed by atoms with E-state index in [1.165, 1.54) is 5.56 Å². The summed E-state index contributed by atoms with van der Waals surface area (Å²) in [6.07, 6.45) is 8.00. The molecule has 34 heavy (non-hydrogen) atoms. The van der Waals surface area contributed by atoms with Gasteiger partial charge in [0, 0.05) is 38.1 Å². The molecule has 2 aliphatic heterocycles. The van der Waals surface area contributed by atoms with Crippen molar-refractivity contribution < 1.29 is 14.3 Å².